The minimum absolute atomic E-state index is 0.0134. The molecule has 2 amide bonds. The molecule has 0 fully saturated rings. The number of nitrogens with zero attached hydrogens (tertiary/aromatic N) is 1. The quantitative estimate of drug-likeness (QED) is 0.574. The van der Waals surface area contributed by atoms with Crippen molar-refractivity contribution in [2.45, 2.75) is 6.54 Å². The average Bonchev–Trinajstić information content (AvgIpc) is 3.09. The fraction of sp³-hybridized carbons (Fsp3) is 0.0556. The summed E-state index contributed by atoms with van der Waals surface area (Å²) in [5.74, 6) is -3.76. The van der Waals surface area contributed by atoms with Gasteiger partial charge in [0.25, 0.3) is 11.8 Å². The second-order valence-electron chi connectivity index (χ2n) is 5.58. The van der Waals surface area contributed by atoms with Gasteiger partial charge < -0.3 is 10.6 Å². The summed E-state index contributed by atoms with van der Waals surface area (Å²) in [6, 6.07) is 7.95. The third kappa shape index (κ3) is 4.13. The van der Waals surface area contributed by atoms with Crippen LogP contribution < -0.4 is 10.6 Å². The van der Waals surface area contributed by atoms with Crippen molar-refractivity contribution >= 4 is 40.7 Å². The van der Waals surface area contributed by atoms with E-state index in [4.69, 9.17) is 23.2 Å². The van der Waals surface area contributed by atoms with Crippen molar-refractivity contribution in [2.75, 3.05) is 5.32 Å². The number of carbonyl (C=O) groups is 2. The van der Waals surface area contributed by atoms with Crippen LogP contribution in [0.1, 0.15) is 26.4 Å². The molecule has 144 valence electrons. The molecule has 0 aliphatic carbocycles. The van der Waals surface area contributed by atoms with Crippen LogP contribution >= 0.6 is 23.2 Å². The highest BCUT2D eigenvalue weighted by atomic mass is 35.5. The largest absolute Gasteiger partial charge is 0.346 e. The van der Waals surface area contributed by atoms with Crippen LogP contribution in [0.5, 0.6) is 0 Å². The van der Waals surface area contributed by atoms with Crippen LogP contribution in [0.15, 0.2) is 42.6 Å². The lowest BCUT2D eigenvalue weighted by atomic mass is 10.1. The summed E-state index contributed by atoms with van der Waals surface area (Å²) in [5, 5.41) is 11.8. The zero-order chi connectivity index (χ0) is 20.3. The first-order valence-corrected chi connectivity index (χ1v) is 8.64. The number of benzene rings is 2. The average molecular weight is 425 g/mol. The van der Waals surface area contributed by atoms with Gasteiger partial charge in [0.15, 0.2) is 5.69 Å². The van der Waals surface area contributed by atoms with Crippen molar-refractivity contribution in [2.24, 2.45) is 0 Å². The minimum atomic E-state index is -1.06. The van der Waals surface area contributed by atoms with Gasteiger partial charge in [0, 0.05) is 28.4 Å². The van der Waals surface area contributed by atoms with Gasteiger partial charge in [-0.2, -0.15) is 5.10 Å². The Morgan fingerprint density at radius 1 is 1.00 bits per heavy atom. The first kappa shape index (κ1) is 19.8. The van der Waals surface area contributed by atoms with E-state index in [1.54, 1.807) is 18.2 Å². The number of aromatic nitrogens is 2. The van der Waals surface area contributed by atoms with E-state index in [0.717, 1.165) is 18.2 Å². The van der Waals surface area contributed by atoms with Crippen LogP contribution in [0.3, 0.4) is 0 Å². The lowest BCUT2D eigenvalue weighted by Crippen LogP contribution is -2.25. The molecule has 0 aliphatic rings. The molecule has 0 aliphatic heterocycles. The van der Waals surface area contributed by atoms with Gasteiger partial charge in [0.05, 0.1) is 5.69 Å². The molecule has 0 saturated heterocycles. The number of anilines is 1. The molecule has 3 aromatic rings. The van der Waals surface area contributed by atoms with Crippen LogP contribution in [0.25, 0.3) is 0 Å². The Balaban J connectivity index is 1.74. The third-order valence-electron chi connectivity index (χ3n) is 3.78. The van der Waals surface area contributed by atoms with Gasteiger partial charge in [-0.25, -0.2) is 8.78 Å². The summed E-state index contributed by atoms with van der Waals surface area (Å²) in [6.07, 6.45) is 1.22. The highest BCUT2D eigenvalue weighted by molar-refractivity contribution is 6.36. The minimum Gasteiger partial charge on any atom is -0.346 e. The Labute approximate surface area is 167 Å². The number of nitrogens with one attached hydrogen (secondary N) is 3. The Morgan fingerprint density at radius 2 is 1.61 bits per heavy atom. The lowest BCUT2D eigenvalue weighted by molar-refractivity contribution is 0.0947. The van der Waals surface area contributed by atoms with Crippen molar-refractivity contribution in [1.82, 2.24) is 15.5 Å². The van der Waals surface area contributed by atoms with Gasteiger partial charge in [-0.05, 0) is 24.3 Å². The molecule has 1 heterocycles. The van der Waals surface area contributed by atoms with Crippen LogP contribution in [0.2, 0.25) is 10.0 Å². The fourth-order valence-corrected chi connectivity index (χ4v) is 2.94. The number of hydrogen-bond acceptors (Lipinski definition) is 3. The van der Waals surface area contributed by atoms with Gasteiger partial charge in [0.2, 0.25) is 0 Å². The topological polar surface area (TPSA) is 86.9 Å². The molecule has 28 heavy (non-hydrogen) atoms. The Kier molecular flexibility index (Phi) is 5.91. The number of carbonyl (C=O) groups excluding carboxylic acids is 2. The zero-order valence-electron chi connectivity index (χ0n) is 14.0. The standard InChI is InChI=1S/C18H12Cl2F2N4O2/c19-10-3-1-4-11(20)9(10)7-23-18(28)16-14(8-24-26-16)25-17(27)15-12(21)5-2-6-13(15)22/h1-6,8H,7H2,(H,23,28)(H,24,26)(H,25,27). The van der Waals surface area contributed by atoms with Crippen molar-refractivity contribution in [3.63, 3.8) is 0 Å². The molecular weight excluding hydrogens is 413 g/mol. The van der Waals surface area contributed by atoms with Gasteiger partial charge in [-0.3, -0.25) is 14.7 Å². The molecule has 6 nitrogen and oxygen atoms in total. The summed E-state index contributed by atoms with van der Waals surface area (Å²) in [6.45, 7) is 0.0134. The first-order chi connectivity index (χ1) is 13.4. The first-order valence-electron chi connectivity index (χ1n) is 7.88. The number of rotatable bonds is 5. The number of hydrogen-bond donors (Lipinski definition) is 3. The maximum absolute atomic E-state index is 13.7. The van der Waals surface area contributed by atoms with Crippen molar-refractivity contribution in [3.05, 3.63) is 81.1 Å². The molecule has 0 saturated carbocycles. The van der Waals surface area contributed by atoms with Crippen molar-refractivity contribution < 1.29 is 18.4 Å². The van der Waals surface area contributed by atoms with E-state index in [2.05, 4.69) is 20.8 Å². The van der Waals surface area contributed by atoms with Crippen LogP contribution in [0, 0.1) is 11.6 Å². The number of H-pyrrole nitrogens is 1. The summed E-state index contributed by atoms with van der Waals surface area (Å²) >= 11 is 12.1. The van der Waals surface area contributed by atoms with E-state index < -0.39 is 29.0 Å². The molecule has 0 radical (unpaired) electrons. The number of amides is 2. The summed E-state index contributed by atoms with van der Waals surface area (Å²) < 4.78 is 27.5. The number of aromatic amines is 1. The van der Waals surface area contributed by atoms with Gasteiger partial charge >= 0.3 is 0 Å². The van der Waals surface area contributed by atoms with E-state index >= 15 is 0 Å². The zero-order valence-corrected chi connectivity index (χ0v) is 15.5. The SMILES string of the molecule is O=C(NCc1c(Cl)cccc1Cl)c1n[nH]cc1NC(=O)c1c(F)cccc1F. The second kappa shape index (κ2) is 8.37. The molecule has 10 heteroatoms. The Bertz CT molecular complexity index is 1020. The monoisotopic (exact) mass is 424 g/mol. The Morgan fingerprint density at radius 3 is 2.25 bits per heavy atom. The molecule has 0 unspecified atom stereocenters. The molecular formula is C18H12Cl2F2N4O2. The maximum atomic E-state index is 13.7. The van der Waals surface area contributed by atoms with E-state index in [9.17, 15) is 18.4 Å². The van der Waals surface area contributed by atoms with Crippen molar-refractivity contribution in [1.29, 1.82) is 0 Å². The van der Waals surface area contributed by atoms with Gasteiger partial charge in [0.1, 0.15) is 17.2 Å². The molecule has 0 bridgehead atoms. The van der Waals surface area contributed by atoms with Gasteiger partial charge in [-0.1, -0.05) is 35.3 Å². The highest BCUT2D eigenvalue weighted by Gasteiger charge is 2.21. The molecule has 2 aromatic carbocycles. The van der Waals surface area contributed by atoms with E-state index in [0.29, 0.717) is 15.6 Å². The fourth-order valence-electron chi connectivity index (χ4n) is 2.41. The predicted octanol–water partition coefficient (Wildman–Crippen LogP) is 4.18. The molecule has 0 atom stereocenters. The maximum Gasteiger partial charge on any atom is 0.274 e. The molecule has 3 rings (SSSR count). The number of halogens is 4. The van der Waals surface area contributed by atoms with Crippen LogP contribution in [-0.2, 0) is 6.54 Å². The van der Waals surface area contributed by atoms with Crippen molar-refractivity contribution in [3.8, 4) is 0 Å². The van der Waals surface area contributed by atoms with Crippen LogP contribution in [0.4, 0.5) is 14.5 Å². The second-order valence-corrected chi connectivity index (χ2v) is 6.40. The summed E-state index contributed by atoms with van der Waals surface area (Å²) in [5.41, 5.74) is -0.477. The van der Waals surface area contributed by atoms with Crippen LogP contribution in [-0.4, -0.2) is 22.0 Å². The molecule has 0 spiro atoms. The molecule has 1 aromatic heterocycles. The Hall–Kier alpha value is -2.97. The summed E-state index contributed by atoms with van der Waals surface area (Å²) in [7, 11) is 0. The van der Waals surface area contributed by atoms with E-state index in [1.807, 2.05) is 0 Å². The highest BCUT2D eigenvalue weighted by Crippen LogP contribution is 2.24. The smallest absolute Gasteiger partial charge is 0.274 e. The van der Waals surface area contributed by atoms with E-state index in [1.165, 1.54) is 6.20 Å². The predicted molar refractivity (Wildman–Crippen MR) is 101 cm³/mol. The molecule has 3 N–H and O–H groups in total. The van der Waals surface area contributed by atoms with Gasteiger partial charge in [-0.15, -0.1) is 0 Å². The summed E-state index contributed by atoms with van der Waals surface area (Å²) in [4.78, 5) is 24.6. The third-order valence-corrected chi connectivity index (χ3v) is 4.49. The van der Waals surface area contributed by atoms with E-state index in [-0.39, 0.29) is 17.9 Å². The normalized spacial score (nSPS) is 10.6. The lowest BCUT2D eigenvalue weighted by Gasteiger charge is -2.09.